The number of carbonyl (C=O) groups is 3. The Morgan fingerprint density at radius 3 is 1.78 bits per heavy atom. The second-order valence-electron chi connectivity index (χ2n) is 7.12. The topological polar surface area (TPSA) is 122 Å². The minimum atomic E-state index is -0.984. The third-order valence-corrected chi connectivity index (χ3v) is 4.49. The van der Waals surface area contributed by atoms with Crippen LogP contribution in [0.2, 0.25) is 0 Å². The van der Waals surface area contributed by atoms with E-state index in [4.69, 9.17) is 10.8 Å². The monoisotopic (exact) mass is 385 g/mol. The molecule has 27 heavy (non-hydrogen) atoms. The Balaban J connectivity index is 3.38. The summed E-state index contributed by atoms with van der Waals surface area (Å²) in [5.41, 5.74) is 5.41. The van der Waals surface area contributed by atoms with Crippen molar-refractivity contribution in [1.82, 2.24) is 10.6 Å². The molecule has 7 heteroatoms. The summed E-state index contributed by atoms with van der Waals surface area (Å²) >= 11 is 0. The summed E-state index contributed by atoms with van der Waals surface area (Å²) in [4.78, 5) is 33.9. The molecular formula is C20H39N3O4. The summed E-state index contributed by atoms with van der Waals surface area (Å²) < 4.78 is 0. The molecule has 0 aromatic heterocycles. The van der Waals surface area contributed by atoms with Crippen LogP contribution in [-0.4, -0.2) is 42.0 Å². The molecule has 0 spiro atoms. The Hall–Kier alpha value is -1.63. The molecule has 0 aliphatic heterocycles. The summed E-state index contributed by atoms with van der Waals surface area (Å²) in [7, 11) is 0. The third-order valence-electron chi connectivity index (χ3n) is 4.49. The van der Waals surface area contributed by atoms with Crippen LogP contribution in [-0.2, 0) is 14.4 Å². The zero-order valence-electron chi connectivity index (χ0n) is 16.9. The number of carboxylic acid groups (broad SMARTS) is 1. The lowest BCUT2D eigenvalue weighted by Gasteiger charge is -2.08. The average Bonchev–Trinajstić information content (AvgIpc) is 2.63. The van der Waals surface area contributed by atoms with Crippen LogP contribution in [0.3, 0.4) is 0 Å². The van der Waals surface area contributed by atoms with Gasteiger partial charge in [0.15, 0.2) is 0 Å². The lowest BCUT2D eigenvalue weighted by Crippen LogP contribution is -2.30. The molecule has 0 saturated carbocycles. The number of carbonyl (C=O) groups excluding carboxylic acids is 2. The van der Waals surface area contributed by atoms with Crippen molar-refractivity contribution in [3.8, 4) is 0 Å². The molecule has 158 valence electrons. The standard InChI is InChI=1S/C20H39N3O4/c1-2-3-4-5-7-13-18(24)22-15-10-6-8-14-19(25)23-16-11-9-12-17(21)20(26)27/h17H,2-16,21H2,1H3,(H,22,24)(H,23,25)(H,26,27)/t17-/m0/s1. The smallest absolute Gasteiger partial charge is 0.320 e. The number of aliphatic carboxylic acids is 1. The summed E-state index contributed by atoms with van der Waals surface area (Å²) in [5, 5.41) is 14.4. The molecule has 0 fully saturated rings. The van der Waals surface area contributed by atoms with Gasteiger partial charge in [0, 0.05) is 25.9 Å². The van der Waals surface area contributed by atoms with Crippen LogP contribution in [0.25, 0.3) is 0 Å². The van der Waals surface area contributed by atoms with Gasteiger partial charge in [0.25, 0.3) is 0 Å². The fourth-order valence-electron chi connectivity index (χ4n) is 2.72. The Bertz CT molecular complexity index is 416. The van der Waals surface area contributed by atoms with Crippen molar-refractivity contribution < 1.29 is 19.5 Å². The minimum Gasteiger partial charge on any atom is -0.480 e. The number of hydrogen-bond acceptors (Lipinski definition) is 4. The van der Waals surface area contributed by atoms with Crippen molar-refractivity contribution in [3.05, 3.63) is 0 Å². The van der Waals surface area contributed by atoms with E-state index in [0.717, 1.165) is 38.5 Å². The highest BCUT2D eigenvalue weighted by Gasteiger charge is 2.10. The normalized spacial score (nSPS) is 11.8. The van der Waals surface area contributed by atoms with Gasteiger partial charge in [-0.25, -0.2) is 0 Å². The summed E-state index contributed by atoms with van der Waals surface area (Å²) in [5.74, 6) is -0.831. The van der Waals surface area contributed by atoms with Crippen LogP contribution in [0.4, 0.5) is 0 Å². The summed E-state index contributed by atoms with van der Waals surface area (Å²) in [6.45, 7) is 3.41. The molecule has 0 saturated heterocycles. The largest absolute Gasteiger partial charge is 0.480 e. The second kappa shape index (κ2) is 17.8. The minimum absolute atomic E-state index is 0.0219. The molecular weight excluding hydrogens is 346 g/mol. The van der Waals surface area contributed by atoms with Crippen molar-refractivity contribution in [2.45, 2.75) is 96.4 Å². The summed E-state index contributed by atoms with van der Waals surface area (Å²) in [6.07, 6.45) is 11.3. The van der Waals surface area contributed by atoms with Gasteiger partial charge < -0.3 is 21.5 Å². The first kappa shape index (κ1) is 25.4. The first-order valence-corrected chi connectivity index (χ1v) is 10.5. The maximum atomic E-state index is 11.7. The summed E-state index contributed by atoms with van der Waals surface area (Å²) in [6, 6.07) is -0.817. The van der Waals surface area contributed by atoms with Crippen molar-refractivity contribution in [1.29, 1.82) is 0 Å². The van der Waals surface area contributed by atoms with Crippen molar-refractivity contribution >= 4 is 17.8 Å². The van der Waals surface area contributed by atoms with Gasteiger partial charge >= 0.3 is 5.97 Å². The van der Waals surface area contributed by atoms with Gasteiger partial charge in [-0.1, -0.05) is 39.0 Å². The predicted octanol–water partition coefficient (Wildman–Crippen LogP) is 2.72. The number of carboxylic acids is 1. The first-order chi connectivity index (χ1) is 13.0. The maximum Gasteiger partial charge on any atom is 0.320 e. The van der Waals surface area contributed by atoms with Crippen molar-refractivity contribution in [2.75, 3.05) is 13.1 Å². The van der Waals surface area contributed by atoms with Crippen LogP contribution >= 0.6 is 0 Å². The van der Waals surface area contributed by atoms with Gasteiger partial charge in [-0.05, 0) is 38.5 Å². The Kier molecular flexibility index (Phi) is 16.7. The van der Waals surface area contributed by atoms with E-state index < -0.39 is 12.0 Å². The molecule has 0 aliphatic carbocycles. The number of hydrogen-bond donors (Lipinski definition) is 4. The first-order valence-electron chi connectivity index (χ1n) is 10.5. The van der Waals surface area contributed by atoms with Crippen molar-refractivity contribution in [2.24, 2.45) is 5.73 Å². The number of nitrogens with two attached hydrogens (primary N) is 1. The Labute approximate surface area is 163 Å². The molecule has 0 rings (SSSR count). The highest BCUT2D eigenvalue weighted by atomic mass is 16.4. The number of rotatable bonds is 18. The predicted molar refractivity (Wildman–Crippen MR) is 107 cm³/mol. The lowest BCUT2D eigenvalue weighted by molar-refractivity contribution is -0.138. The maximum absolute atomic E-state index is 11.7. The molecule has 0 radical (unpaired) electrons. The van der Waals surface area contributed by atoms with E-state index in [0.29, 0.717) is 38.8 Å². The quantitative estimate of drug-likeness (QED) is 0.270. The number of amides is 2. The van der Waals surface area contributed by atoms with Gasteiger partial charge in [-0.2, -0.15) is 0 Å². The van der Waals surface area contributed by atoms with E-state index in [1.165, 1.54) is 19.3 Å². The fourth-order valence-corrected chi connectivity index (χ4v) is 2.72. The van der Waals surface area contributed by atoms with E-state index in [-0.39, 0.29) is 11.8 Å². The molecule has 1 atom stereocenters. The van der Waals surface area contributed by atoms with Gasteiger partial charge in [-0.15, -0.1) is 0 Å². The molecule has 2 amide bonds. The third kappa shape index (κ3) is 17.5. The van der Waals surface area contributed by atoms with Gasteiger partial charge in [0.05, 0.1) is 0 Å². The van der Waals surface area contributed by atoms with Crippen LogP contribution in [0, 0.1) is 0 Å². The number of nitrogens with one attached hydrogen (secondary N) is 2. The zero-order chi connectivity index (χ0) is 20.3. The average molecular weight is 386 g/mol. The van der Waals surface area contributed by atoms with Crippen LogP contribution in [0.5, 0.6) is 0 Å². The van der Waals surface area contributed by atoms with E-state index >= 15 is 0 Å². The molecule has 5 N–H and O–H groups in total. The van der Waals surface area contributed by atoms with Crippen molar-refractivity contribution in [3.63, 3.8) is 0 Å². The lowest BCUT2D eigenvalue weighted by atomic mass is 10.1. The van der Waals surface area contributed by atoms with Gasteiger partial charge in [-0.3, -0.25) is 14.4 Å². The second-order valence-corrected chi connectivity index (χ2v) is 7.12. The molecule has 0 aromatic rings. The van der Waals surface area contributed by atoms with Gasteiger partial charge in [0.2, 0.25) is 11.8 Å². The Morgan fingerprint density at radius 1 is 0.778 bits per heavy atom. The molecule has 0 aliphatic rings. The van der Waals surface area contributed by atoms with Crippen LogP contribution < -0.4 is 16.4 Å². The fraction of sp³-hybridized carbons (Fsp3) is 0.850. The van der Waals surface area contributed by atoms with Crippen LogP contribution in [0.1, 0.15) is 90.4 Å². The molecule has 0 heterocycles. The highest BCUT2D eigenvalue weighted by Crippen LogP contribution is 2.05. The van der Waals surface area contributed by atoms with E-state index in [1.807, 2.05) is 0 Å². The zero-order valence-corrected chi connectivity index (χ0v) is 16.9. The van der Waals surface area contributed by atoms with Crippen LogP contribution in [0.15, 0.2) is 0 Å². The SMILES string of the molecule is CCCCCCCC(=O)NCCCCCC(=O)NCCCC[C@H](N)C(=O)O. The highest BCUT2D eigenvalue weighted by molar-refractivity contribution is 5.76. The number of unbranched alkanes of at least 4 members (excludes halogenated alkanes) is 7. The molecule has 0 aromatic carbocycles. The molecule has 7 nitrogen and oxygen atoms in total. The van der Waals surface area contributed by atoms with Gasteiger partial charge in [0.1, 0.15) is 6.04 Å². The van der Waals surface area contributed by atoms with E-state index in [1.54, 1.807) is 0 Å². The Morgan fingerprint density at radius 2 is 1.26 bits per heavy atom. The van der Waals surface area contributed by atoms with E-state index in [9.17, 15) is 14.4 Å². The molecule has 0 bridgehead atoms. The molecule has 0 unspecified atom stereocenters. The van der Waals surface area contributed by atoms with E-state index in [2.05, 4.69) is 17.6 Å².